The molecule has 118 valence electrons. The fourth-order valence-corrected chi connectivity index (χ4v) is 2.83. The number of ether oxygens (including phenoxy) is 2. The first-order valence-corrected chi connectivity index (χ1v) is 7.49. The lowest BCUT2D eigenvalue weighted by atomic mass is 9.93. The van der Waals surface area contributed by atoms with Crippen LogP contribution in [0.5, 0.6) is 11.5 Å². The number of fused-ring (bicyclic) bond motifs is 2. The fourth-order valence-electron chi connectivity index (χ4n) is 2.83. The number of nitrogen functional groups attached to an aromatic ring is 1. The second-order valence-electron chi connectivity index (χ2n) is 5.72. The summed E-state index contributed by atoms with van der Waals surface area (Å²) in [5.74, 6) is 1.36. The van der Waals surface area contributed by atoms with E-state index in [9.17, 15) is 5.26 Å². The summed E-state index contributed by atoms with van der Waals surface area (Å²) in [6.07, 6.45) is 0.406. The maximum Gasteiger partial charge on any atom is 0.231 e. The van der Waals surface area contributed by atoms with Gasteiger partial charge in [-0.2, -0.15) is 5.26 Å². The zero-order valence-electron chi connectivity index (χ0n) is 13.0. The Morgan fingerprint density at radius 2 is 1.92 bits per heavy atom. The van der Waals surface area contributed by atoms with Crippen LogP contribution in [-0.2, 0) is 6.42 Å². The van der Waals surface area contributed by atoms with E-state index in [2.05, 4.69) is 16.3 Å². The molecular weight excluding hydrogens is 304 g/mol. The van der Waals surface area contributed by atoms with E-state index in [-0.39, 0.29) is 6.79 Å². The molecule has 0 atom stereocenters. The highest BCUT2D eigenvalue weighted by atomic mass is 16.7. The fraction of sp³-hybridized carbons (Fsp3) is 0.167. The van der Waals surface area contributed by atoms with Crippen LogP contribution in [0, 0.1) is 18.3 Å². The van der Waals surface area contributed by atoms with Gasteiger partial charge in [-0.1, -0.05) is 6.07 Å². The van der Waals surface area contributed by atoms with E-state index in [0.717, 1.165) is 27.9 Å². The monoisotopic (exact) mass is 318 g/mol. The lowest BCUT2D eigenvalue weighted by Crippen LogP contribution is -2.08. The number of nitrogens with zero attached hydrogens (tertiary/aromatic N) is 3. The standard InChI is InChI=1S/C18H14N4O2/c1-10-4-11(2-3-15(10)20)18-14-7-17-16(23-9-24-17)6-12(14)5-13(8-19)21-22-18/h2-4,6-7H,5,9,20H2,1H3. The van der Waals surface area contributed by atoms with Gasteiger partial charge in [0.25, 0.3) is 0 Å². The molecule has 0 aromatic heterocycles. The van der Waals surface area contributed by atoms with E-state index in [0.29, 0.717) is 29.3 Å². The summed E-state index contributed by atoms with van der Waals surface area (Å²) < 4.78 is 10.9. The summed E-state index contributed by atoms with van der Waals surface area (Å²) in [6, 6.07) is 11.6. The molecule has 0 unspecified atom stereocenters. The SMILES string of the molecule is Cc1cc(C2=NN=C(C#N)Cc3cc4c(cc32)OCO4)ccc1N. The Hall–Kier alpha value is -3.33. The molecule has 0 aliphatic carbocycles. The molecule has 2 aliphatic rings. The Labute approximate surface area is 138 Å². The second kappa shape index (κ2) is 5.39. The van der Waals surface area contributed by atoms with Crippen LogP contribution >= 0.6 is 0 Å². The van der Waals surface area contributed by atoms with E-state index in [1.165, 1.54) is 0 Å². The zero-order chi connectivity index (χ0) is 16.7. The summed E-state index contributed by atoms with van der Waals surface area (Å²) in [5, 5.41) is 17.7. The lowest BCUT2D eigenvalue weighted by molar-refractivity contribution is 0.174. The third-order valence-electron chi connectivity index (χ3n) is 4.15. The maximum atomic E-state index is 9.25. The summed E-state index contributed by atoms with van der Waals surface area (Å²) in [6.45, 7) is 2.14. The highest BCUT2D eigenvalue weighted by Crippen LogP contribution is 2.36. The molecule has 2 N–H and O–H groups in total. The van der Waals surface area contributed by atoms with Gasteiger partial charge in [0.2, 0.25) is 6.79 Å². The van der Waals surface area contributed by atoms with Gasteiger partial charge in [-0.3, -0.25) is 0 Å². The number of anilines is 1. The largest absolute Gasteiger partial charge is 0.454 e. The molecule has 0 bridgehead atoms. The second-order valence-corrected chi connectivity index (χ2v) is 5.72. The van der Waals surface area contributed by atoms with Crippen molar-refractivity contribution in [2.75, 3.05) is 12.5 Å². The van der Waals surface area contributed by atoms with E-state index in [1.807, 2.05) is 37.3 Å². The molecule has 2 aromatic carbocycles. The molecule has 2 heterocycles. The molecule has 24 heavy (non-hydrogen) atoms. The van der Waals surface area contributed by atoms with Gasteiger partial charge in [-0.05, 0) is 42.3 Å². The normalized spacial score (nSPS) is 15.0. The Kier molecular flexibility index (Phi) is 3.21. The minimum absolute atomic E-state index is 0.199. The van der Waals surface area contributed by atoms with Gasteiger partial charge >= 0.3 is 0 Å². The van der Waals surface area contributed by atoms with Crippen LogP contribution in [0.3, 0.4) is 0 Å². The lowest BCUT2D eigenvalue weighted by Gasteiger charge is -2.11. The number of benzene rings is 2. The molecule has 2 aromatic rings. The van der Waals surface area contributed by atoms with Gasteiger partial charge < -0.3 is 15.2 Å². The van der Waals surface area contributed by atoms with Crippen LogP contribution in [0.15, 0.2) is 40.5 Å². The van der Waals surface area contributed by atoms with Crippen LogP contribution in [0.25, 0.3) is 0 Å². The summed E-state index contributed by atoms with van der Waals surface area (Å²) in [5.41, 5.74) is 11.4. The topological polar surface area (TPSA) is 93.0 Å². The Bertz CT molecular complexity index is 954. The van der Waals surface area contributed by atoms with E-state index in [1.54, 1.807) is 0 Å². The quantitative estimate of drug-likeness (QED) is 0.818. The number of hydrogen-bond acceptors (Lipinski definition) is 6. The number of hydrogen-bond donors (Lipinski definition) is 1. The zero-order valence-corrected chi connectivity index (χ0v) is 13.0. The van der Waals surface area contributed by atoms with Crippen molar-refractivity contribution in [3.8, 4) is 17.6 Å². The third-order valence-corrected chi connectivity index (χ3v) is 4.15. The third kappa shape index (κ3) is 2.27. The smallest absolute Gasteiger partial charge is 0.231 e. The van der Waals surface area contributed by atoms with Crippen molar-refractivity contribution >= 4 is 17.1 Å². The van der Waals surface area contributed by atoms with Gasteiger partial charge in [0, 0.05) is 23.2 Å². The van der Waals surface area contributed by atoms with Crippen LogP contribution in [0.2, 0.25) is 0 Å². The summed E-state index contributed by atoms with van der Waals surface area (Å²) in [7, 11) is 0. The minimum Gasteiger partial charge on any atom is -0.454 e. The Morgan fingerprint density at radius 3 is 2.67 bits per heavy atom. The summed E-state index contributed by atoms with van der Waals surface area (Å²) in [4.78, 5) is 0. The average Bonchev–Trinajstić information content (AvgIpc) is 2.95. The molecule has 0 spiro atoms. The number of rotatable bonds is 1. The van der Waals surface area contributed by atoms with Crippen molar-refractivity contribution < 1.29 is 9.47 Å². The Balaban J connectivity index is 1.93. The molecule has 0 amide bonds. The van der Waals surface area contributed by atoms with Crippen molar-refractivity contribution in [1.29, 1.82) is 5.26 Å². The first kappa shape index (κ1) is 14.3. The first-order chi connectivity index (χ1) is 11.7. The van der Waals surface area contributed by atoms with Crippen molar-refractivity contribution in [2.45, 2.75) is 13.3 Å². The molecular formula is C18H14N4O2. The van der Waals surface area contributed by atoms with Gasteiger partial charge in [-0.15, -0.1) is 10.2 Å². The van der Waals surface area contributed by atoms with Gasteiger partial charge in [-0.25, -0.2) is 0 Å². The molecule has 6 nitrogen and oxygen atoms in total. The van der Waals surface area contributed by atoms with E-state index in [4.69, 9.17) is 15.2 Å². The van der Waals surface area contributed by atoms with Crippen molar-refractivity contribution in [3.05, 3.63) is 52.6 Å². The van der Waals surface area contributed by atoms with Gasteiger partial charge in [0.1, 0.15) is 17.5 Å². The van der Waals surface area contributed by atoms with Crippen molar-refractivity contribution in [3.63, 3.8) is 0 Å². The minimum atomic E-state index is 0.199. The maximum absolute atomic E-state index is 9.25. The molecule has 0 fully saturated rings. The van der Waals surface area contributed by atoms with Crippen LogP contribution < -0.4 is 15.2 Å². The molecule has 0 radical (unpaired) electrons. The van der Waals surface area contributed by atoms with E-state index < -0.39 is 0 Å². The molecule has 4 rings (SSSR count). The van der Waals surface area contributed by atoms with Crippen molar-refractivity contribution in [2.24, 2.45) is 10.2 Å². The average molecular weight is 318 g/mol. The van der Waals surface area contributed by atoms with E-state index >= 15 is 0 Å². The highest BCUT2D eigenvalue weighted by molar-refractivity contribution is 6.16. The van der Waals surface area contributed by atoms with Gasteiger partial charge in [0.05, 0.1) is 0 Å². The predicted octanol–water partition coefficient (Wildman–Crippen LogP) is 2.58. The van der Waals surface area contributed by atoms with Crippen LogP contribution in [-0.4, -0.2) is 18.2 Å². The highest BCUT2D eigenvalue weighted by Gasteiger charge is 2.23. The first-order valence-electron chi connectivity index (χ1n) is 7.49. The van der Waals surface area contributed by atoms with Gasteiger partial charge in [0.15, 0.2) is 11.5 Å². The summed E-state index contributed by atoms with van der Waals surface area (Å²) >= 11 is 0. The number of nitriles is 1. The Morgan fingerprint density at radius 1 is 1.12 bits per heavy atom. The number of nitrogens with two attached hydrogens (primary N) is 1. The predicted molar refractivity (Wildman–Crippen MR) is 90.5 cm³/mol. The molecule has 0 saturated carbocycles. The molecule has 2 aliphatic heterocycles. The number of aryl methyl sites for hydroxylation is 1. The van der Waals surface area contributed by atoms with Crippen LogP contribution in [0.4, 0.5) is 5.69 Å². The molecule has 0 saturated heterocycles. The molecule has 6 heteroatoms. The van der Waals surface area contributed by atoms with Crippen LogP contribution in [0.1, 0.15) is 22.3 Å². The van der Waals surface area contributed by atoms with Crippen molar-refractivity contribution in [1.82, 2.24) is 0 Å².